The number of urea groups is 1. The highest BCUT2D eigenvalue weighted by atomic mass is 16.5. The molecule has 0 saturated carbocycles. The molecule has 0 spiro atoms. The van der Waals surface area contributed by atoms with E-state index in [-0.39, 0.29) is 6.01 Å². The fourth-order valence-corrected chi connectivity index (χ4v) is 2.58. The van der Waals surface area contributed by atoms with E-state index in [0.717, 1.165) is 11.1 Å². The minimum absolute atomic E-state index is 0.0390. The first-order chi connectivity index (χ1) is 12.5. The molecular weight excluding hydrogens is 332 g/mol. The van der Waals surface area contributed by atoms with Crippen LogP contribution in [0.5, 0.6) is 5.75 Å². The van der Waals surface area contributed by atoms with Crippen LogP contribution in [0.1, 0.15) is 22.6 Å². The maximum atomic E-state index is 12.1. The Morgan fingerprint density at radius 2 is 1.92 bits per heavy atom. The Kier molecular flexibility index (Phi) is 5.17. The first-order valence-electron chi connectivity index (χ1n) is 8.14. The lowest BCUT2D eigenvalue weighted by Crippen LogP contribution is -2.20. The summed E-state index contributed by atoms with van der Waals surface area (Å²) in [5.74, 6) is 0.994. The lowest BCUT2D eigenvalue weighted by atomic mass is 10.0. The van der Waals surface area contributed by atoms with Gasteiger partial charge in [0.25, 0.3) is 0 Å². The van der Waals surface area contributed by atoms with Crippen LogP contribution in [0, 0.1) is 13.8 Å². The van der Waals surface area contributed by atoms with Crippen molar-refractivity contribution in [2.24, 2.45) is 0 Å². The van der Waals surface area contributed by atoms with Crippen LogP contribution in [0.2, 0.25) is 0 Å². The summed E-state index contributed by atoms with van der Waals surface area (Å²) in [7, 11) is 1.54. The van der Waals surface area contributed by atoms with E-state index in [1.54, 1.807) is 18.2 Å². The number of methoxy groups -OCH3 is 1. The normalized spacial score (nSPS) is 10.4. The van der Waals surface area contributed by atoms with E-state index in [4.69, 9.17) is 9.15 Å². The van der Waals surface area contributed by atoms with Crippen LogP contribution in [0.15, 0.2) is 46.9 Å². The maximum Gasteiger partial charge on any atom is 0.327 e. The zero-order valence-electron chi connectivity index (χ0n) is 14.9. The number of ether oxygens (including phenoxy) is 1. The molecule has 0 unspecified atom stereocenters. The zero-order chi connectivity index (χ0) is 18.5. The van der Waals surface area contributed by atoms with Gasteiger partial charge in [-0.2, -0.15) is 0 Å². The highest BCUT2D eigenvalue weighted by Crippen LogP contribution is 2.23. The summed E-state index contributed by atoms with van der Waals surface area (Å²) in [6.45, 7) is 4.09. The van der Waals surface area contributed by atoms with Crippen molar-refractivity contribution in [3.05, 3.63) is 65.0 Å². The number of benzene rings is 2. The van der Waals surface area contributed by atoms with Gasteiger partial charge in [0.05, 0.1) is 19.2 Å². The number of nitrogens with one attached hydrogen (secondary N) is 2. The predicted molar refractivity (Wildman–Crippen MR) is 98.7 cm³/mol. The molecule has 0 aliphatic heterocycles. The van der Waals surface area contributed by atoms with Crippen LogP contribution < -0.4 is 15.4 Å². The van der Waals surface area contributed by atoms with E-state index in [9.17, 15) is 4.79 Å². The number of hydrogen-bond acceptors (Lipinski definition) is 5. The zero-order valence-corrected chi connectivity index (χ0v) is 14.9. The van der Waals surface area contributed by atoms with E-state index >= 15 is 0 Å². The van der Waals surface area contributed by atoms with Crippen molar-refractivity contribution >= 4 is 17.7 Å². The fraction of sp³-hybridized carbons (Fsp3) is 0.211. The smallest absolute Gasteiger partial charge is 0.327 e. The van der Waals surface area contributed by atoms with Crippen LogP contribution in [0.3, 0.4) is 0 Å². The molecule has 0 fully saturated rings. The van der Waals surface area contributed by atoms with Crippen molar-refractivity contribution < 1.29 is 13.9 Å². The lowest BCUT2D eigenvalue weighted by Gasteiger charge is -2.09. The number of nitrogens with zero attached hydrogens (tertiary/aromatic N) is 2. The van der Waals surface area contributed by atoms with E-state index < -0.39 is 6.03 Å². The standard InChI is InChI=1S/C19H20N4O3/c1-12-8-9-14(13(2)10-12)11-17-22-23-19(26-17)21-18(24)20-15-6-4-5-7-16(15)25-3/h4-10H,11H2,1-3H3,(H2,20,21,23,24). The molecule has 2 amide bonds. The summed E-state index contributed by atoms with van der Waals surface area (Å²) in [6, 6.07) is 12.8. The monoisotopic (exact) mass is 352 g/mol. The van der Waals surface area contributed by atoms with Crippen LogP contribution in [-0.2, 0) is 6.42 Å². The highest BCUT2D eigenvalue weighted by Gasteiger charge is 2.12. The van der Waals surface area contributed by atoms with E-state index in [1.165, 1.54) is 12.7 Å². The molecule has 134 valence electrons. The summed E-state index contributed by atoms with van der Waals surface area (Å²) in [5.41, 5.74) is 4.01. The van der Waals surface area contributed by atoms with Gasteiger partial charge in [0, 0.05) is 0 Å². The third-order valence-electron chi connectivity index (χ3n) is 3.88. The molecule has 2 N–H and O–H groups in total. The van der Waals surface area contributed by atoms with Crippen molar-refractivity contribution in [3.8, 4) is 5.75 Å². The molecule has 0 saturated heterocycles. The number of amides is 2. The molecule has 26 heavy (non-hydrogen) atoms. The van der Waals surface area contributed by atoms with Gasteiger partial charge in [0.15, 0.2) is 0 Å². The average Bonchev–Trinajstić information content (AvgIpc) is 3.04. The SMILES string of the molecule is COc1ccccc1NC(=O)Nc1nnc(Cc2ccc(C)cc2C)o1. The molecule has 7 nitrogen and oxygen atoms in total. The quantitative estimate of drug-likeness (QED) is 0.726. The fourth-order valence-electron chi connectivity index (χ4n) is 2.58. The predicted octanol–water partition coefficient (Wildman–Crippen LogP) is 3.93. The number of aryl methyl sites for hydroxylation is 2. The van der Waals surface area contributed by atoms with Gasteiger partial charge in [-0.3, -0.25) is 5.32 Å². The van der Waals surface area contributed by atoms with Gasteiger partial charge in [0.2, 0.25) is 5.89 Å². The molecule has 7 heteroatoms. The Morgan fingerprint density at radius 3 is 2.69 bits per heavy atom. The molecule has 0 atom stereocenters. The van der Waals surface area contributed by atoms with Gasteiger partial charge >= 0.3 is 12.0 Å². The first-order valence-corrected chi connectivity index (χ1v) is 8.14. The summed E-state index contributed by atoms with van der Waals surface area (Å²) in [5, 5.41) is 13.1. The lowest BCUT2D eigenvalue weighted by molar-refractivity contribution is 0.261. The molecule has 1 heterocycles. The second-order valence-electron chi connectivity index (χ2n) is 5.89. The number of carbonyl (C=O) groups excluding carboxylic acids is 1. The summed E-state index contributed by atoms with van der Waals surface area (Å²) in [4.78, 5) is 12.1. The van der Waals surface area contributed by atoms with Crippen molar-refractivity contribution in [2.75, 3.05) is 17.7 Å². The van der Waals surface area contributed by atoms with E-state index in [2.05, 4.69) is 26.9 Å². The second kappa shape index (κ2) is 7.69. The van der Waals surface area contributed by atoms with Crippen molar-refractivity contribution in [1.82, 2.24) is 10.2 Å². The molecule has 1 aromatic heterocycles. The molecule has 0 aliphatic rings. The maximum absolute atomic E-state index is 12.1. The van der Waals surface area contributed by atoms with E-state index in [1.807, 2.05) is 32.0 Å². The summed E-state index contributed by atoms with van der Waals surface area (Å²) < 4.78 is 10.7. The molecule has 0 bridgehead atoms. The Balaban J connectivity index is 1.63. The average molecular weight is 352 g/mol. The molecule has 3 rings (SSSR count). The number of para-hydroxylation sites is 2. The van der Waals surface area contributed by atoms with Gasteiger partial charge in [-0.25, -0.2) is 4.79 Å². The third kappa shape index (κ3) is 4.18. The minimum atomic E-state index is -0.490. The highest BCUT2D eigenvalue weighted by molar-refractivity contribution is 5.99. The minimum Gasteiger partial charge on any atom is -0.495 e. The van der Waals surface area contributed by atoms with Crippen molar-refractivity contribution in [2.45, 2.75) is 20.3 Å². The Morgan fingerprint density at radius 1 is 1.12 bits per heavy atom. The number of rotatable bonds is 5. The summed E-state index contributed by atoms with van der Waals surface area (Å²) >= 11 is 0. The molecule has 3 aromatic rings. The van der Waals surface area contributed by atoms with E-state index in [0.29, 0.717) is 23.7 Å². The summed E-state index contributed by atoms with van der Waals surface area (Å²) in [6.07, 6.45) is 0.509. The Hall–Kier alpha value is -3.35. The van der Waals surface area contributed by atoms with Crippen LogP contribution >= 0.6 is 0 Å². The van der Waals surface area contributed by atoms with Gasteiger partial charge in [-0.15, -0.1) is 5.10 Å². The van der Waals surface area contributed by atoms with Gasteiger partial charge in [-0.05, 0) is 37.1 Å². The van der Waals surface area contributed by atoms with Gasteiger partial charge in [0.1, 0.15) is 5.75 Å². The van der Waals surface area contributed by atoms with Crippen molar-refractivity contribution in [3.63, 3.8) is 0 Å². The molecular formula is C19H20N4O3. The second-order valence-corrected chi connectivity index (χ2v) is 5.89. The van der Waals surface area contributed by atoms with Crippen molar-refractivity contribution in [1.29, 1.82) is 0 Å². The largest absolute Gasteiger partial charge is 0.495 e. The Labute approximate surface area is 151 Å². The number of anilines is 2. The molecule has 0 aliphatic carbocycles. The first kappa shape index (κ1) is 17.5. The van der Waals surface area contributed by atoms with Gasteiger partial charge in [-0.1, -0.05) is 41.0 Å². The number of carbonyl (C=O) groups is 1. The van der Waals surface area contributed by atoms with Crippen LogP contribution in [-0.4, -0.2) is 23.3 Å². The topological polar surface area (TPSA) is 89.3 Å². The number of hydrogen-bond donors (Lipinski definition) is 2. The Bertz CT molecular complexity index is 921. The molecule has 0 radical (unpaired) electrons. The van der Waals surface area contributed by atoms with Crippen LogP contribution in [0.4, 0.5) is 16.5 Å². The van der Waals surface area contributed by atoms with Crippen LogP contribution in [0.25, 0.3) is 0 Å². The number of aromatic nitrogens is 2. The molecule has 2 aromatic carbocycles. The van der Waals surface area contributed by atoms with Gasteiger partial charge < -0.3 is 14.5 Å². The third-order valence-corrected chi connectivity index (χ3v) is 3.88.